The highest BCUT2D eigenvalue weighted by molar-refractivity contribution is 6.31. The molecule has 1 N–H and O–H groups in total. The van der Waals surface area contributed by atoms with Gasteiger partial charge < -0.3 is 5.32 Å². The minimum absolute atomic E-state index is 0.695. The van der Waals surface area contributed by atoms with Gasteiger partial charge in [-0.15, -0.1) is 0 Å². The largest absolute Gasteiger partial charge is 0.370 e. The van der Waals surface area contributed by atoms with Gasteiger partial charge in [-0.3, -0.25) is 0 Å². The Bertz CT molecular complexity index is 533. The van der Waals surface area contributed by atoms with Crippen LogP contribution in [0, 0.1) is 13.8 Å². The number of pyridine rings is 1. The normalized spacial score (nSPS) is 10.6. The fourth-order valence-electron chi connectivity index (χ4n) is 1.67. The number of hydrogen-bond donors (Lipinski definition) is 1. The summed E-state index contributed by atoms with van der Waals surface area (Å²) in [6, 6.07) is 5.79. The predicted molar refractivity (Wildman–Crippen MR) is 70.0 cm³/mol. The summed E-state index contributed by atoms with van der Waals surface area (Å²) in [5.74, 6) is 1.62. The van der Waals surface area contributed by atoms with Crippen LogP contribution in [0.25, 0.3) is 5.82 Å². The van der Waals surface area contributed by atoms with Crippen molar-refractivity contribution >= 4 is 17.4 Å². The fourth-order valence-corrected chi connectivity index (χ4v) is 1.79. The Morgan fingerprint density at radius 1 is 1.35 bits per heavy atom. The monoisotopic (exact) mass is 250 g/mol. The minimum atomic E-state index is 0.695. The van der Waals surface area contributed by atoms with E-state index in [0.717, 1.165) is 29.6 Å². The van der Waals surface area contributed by atoms with E-state index in [9.17, 15) is 0 Å². The summed E-state index contributed by atoms with van der Waals surface area (Å²) in [6.07, 6.45) is 0. The maximum absolute atomic E-state index is 6.12. The molecule has 5 heteroatoms. The van der Waals surface area contributed by atoms with Gasteiger partial charge in [-0.1, -0.05) is 17.7 Å². The highest BCUT2D eigenvalue weighted by Gasteiger charge is 2.11. The number of nitrogens with zero attached hydrogens (tertiary/aromatic N) is 3. The molecule has 0 saturated carbocycles. The zero-order chi connectivity index (χ0) is 12.4. The summed E-state index contributed by atoms with van der Waals surface area (Å²) >= 11 is 6.12. The van der Waals surface area contributed by atoms with Crippen molar-refractivity contribution in [2.75, 3.05) is 11.9 Å². The first-order valence-electron chi connectivity index (χ1n) is 5.56. The summed E-state index contributed by atoms with van der Waals surface area (Å²) in [5, 5.41) is 8.24. The lowest BCUT2D eigenvalue weighted by atomic mass is 10.4. The Kier molecular flexibility index (Phi) is 3.33. The van der Waals surface area contributed by atoms with Crippen molar-refractivity contribution in [2.24, 2.45) is 0 Å². The molecule has 0 bridgehead atoms. The Morgan fingerprint density at radius 3 is 2.71 bits per heavy atom. The zero-order valence-electron chi connectivity index (χ0n) is 10.2. The average molecular weight is 251 g/mol. The SMILES string of the molecule is CCNc1cccc(-n2nc(C)c(Cl)c2C)n1. The Balaban J connectivity index is 2.45. The van der Waals surface area contributed by atoms with Crippen LogP contribution in [-0.2, 0) is 0 Å². The molecule has 0 fully saturated rings. The van der Waals surface area contributed by atoms with Gasteiger partial charge in [-0.2, -0.15) is 5.10 Å². The number of halogens is 1. The third-order valence-electron chi connectivity index (χ3n) is 2.51. The standard InChI is InChI=1S/C12H15ClN4/c1-4-14-10-6-5-7-11(15-10)17-9(3)12(13)8(2)16-17/h5-7H,4H2,1-3H3,(H,14,15). The van der Waals surface area contributed by atoms with Gasteiger partial charge in [0, 0.05) is 6.54 Å². The van der Waals surface area contributed by atoms with Crippen LogP contribution in [0.15, 0.2) is 18.2 Å². The predicted octanol–water partition coefficient (Wildman–Crippen LogP) is 2.97. The summed E-state index contributed by atoms with van der Waals surface area (Å²) in [5.41, 5.74) is 1.73. The molecule has 4 nitrogen and oxygen atoms in total. The van der Waals surface area contributed by atoms with Gasteiger partial charge in [-0.25, -0.2) is 9.67 Å². The molecule has 17 heavy (non-hydrogen) atoms. The number of hydrogen-bond acceptors (Lipinski definition) is 3. The van der Waals surface area contributed by atoms with E-state index in [2.05, 4.69) is 15.4 Å². The first kappa shape index (κ1) is 11.9. The van der Waals surface area contributed by atoms with Gasteiger partial charge in [0.25, 0.3) is 0 Å². The Hall–Kier alpha value is -1.55. The van der Waals surface area contributed by atoms with Crippen molar-refractivity contribution in [1.29, 1.82) is 0 Å². The van der Waals surface area contributed by atoms with Crippen molar-refractivity contribution in [1.82, 2.24) is 14.8 Å². The Morgan fingerprint density at radius 2 is 2.12 bits per heavy atom. The van der Waals surface area contributed by atoms with Crippen molar-refractivity contribution in [3.8, 4) is 5.82 Å². The topological polar surface area (TPSA) is 42.7 Å². The van der Waals surface area contributed by atoms with Gasteiger partial charge in [0.05, 0.1) is 16.4 Å². The van der Waals surface area contributed by atoms with Crippen LogP contribution in [0.4, 0.5) is 5.82 Å². The molecule has 0 unspecified atom stereocenters. The van der Waals surface area contributed by atoms with Crippen LogP contribution in [-0.4, -0.2) is 21.3 Å². The molecule has 90 valence electrons. The van der Waals surface area contributed by atoms with Crippen LogP contribution in [0.3, 0.4) is 0 Å². The molecule has 0 radical (unpaired) electrons. The highest BCUT2D eigenvalue weighted by Crippen LogP contribution is 2.21. The van der Waals surface area contributed by atoms with Gasteiger partial charge >= 0.3 is 0 Å². The zero-order valence-corrected chi connectivity index (χ0v) is 10.9. The molecule has 2 heterocycles. The lowest BCUT2D eigenvalue weighted by Crippen LogP contribution is -2.05. The summed E-state index contributed by atoms with van der Waals surface area (Å²) in [6.45, 7) is 6.70. The smallest absolute Gasteiger partial charge is 0.156 e. The molecule has 0 aliphatic heterocycles. The molecule has 2 rings (SSSR count). The van der Waals surface area contributed by atoms with Crippen LogP contribution in [0.1, 0.15) is 18.3 Å². The summed E-state index contributed by atoms with van der Waals surface area (Å²) in [4.78, 5) is 4.48. The molecule has 0 aliphatic carbocycles. The second-order valence-corrected chi connectivity index (χ2v) is 4.19. The van der Waals surface area contributed by atoms with Gasteiger partial charge in [-0.05, 0) is 32.9 Å². The van der Waals surface area contributed by atoms with E-state index >= 15 is 0 Å². The quantitative estimate of drug-likeness (QED) is 0.911. The molecule has 0 atom stereocenters. The molecule has 2 aromatic heterocycles. The van der Waals surface area contributed by atoms with Crippen molar-refractivity contribution in [3.05, 3.63) is 34.6 Å². The number of aromatic nitrogens is 3. The van der Waals surface area contributed by atoms with Gasteiger partial charge in [0.15, 0.2) is 5.82 Å². The first-order valence-corrected chi connectivity index (χ1v) is 5.94. The van der Waals surface area contributed by atoms with Crippen LogP contribution < -0.4 is 5.32 Å². The van der Waals surface area contributed by atoms with E-state index < -0.39 is 0 Å². The van der Waals surface area contributed by atoms with Crippen LogP contribution in [0.2, 0.25) is 5.02 Å². The van der Waals surface area contributed by atoms with Crippen molar-refractivity contribution in [3.63, 3.8) is 0 Å². The Labute approximate surface area is 106 Å². The molecular formula is C12H15ClN4. The second kappa shape index (κ2) is 4.75. The van der Waals surface area contributed by atoms with E-state index in [4.69, 9.17) is 11.6 Å². The van der Waals surface area contributed by atoms with E-state index in [1.807, 2.05) is 39.0 Å². The maximum Gasteiger partial charge on any atom is 0.156 e. The van der Waals surface area contributed by atoms with Gasteiger partial charge in [0.1, 0.15) is 5.82 Å². The van der Waals surface area contributed by atoms with E-state index in [0.29, 0.717) is 5.02 Å². The fraction of sp³-hybridized carbons (Fsp3) is 0.333. The third-order valence-corrected chi connectivity index (χ3v) is 3.06. The number of aryl methyl sites for hydroxylation is 1. The molecule has 0 spiro atoms. The summed E-state index contributed by atoms with van der Waals surface area (Å²) in [7, 11) is 0. The first-order chi connectivity index (χ1) is 8.13. The number of anilines is 1. The third kappa shape index (κ3) is 2.26. The molecule has 0 amide bonds. The molecular weight excluding hydrogens is 236 g/mol. The maximum atomic E-state index is 6.12. The molecule has 0 aromatic carbocycles. The molecule has 0 saturated heterocycles. The van der Waals surface area contributed by atoms with E-state index in [1.165, 1.54) is 0 Å². The molecule has 0 aliphatic rings. The lowest BCUT2D eigenvalue weighted by Gasteiger charge is -2.06. The number of rotatable bonds is 3. The van der Waals surface area contributed by atoms with E-state index in [-0.39, 0.29) is 0 Å². The highest BCUT2D eigenvalue weighted by atomic mass is 35.5. The van der Waals surface area contributed by atoms with Crippen LogP contribution in [0.5, 0.6) is 0 Å². The number of nitrogens with one attached hydrogen (secondary N) is 1. The van der Waals surface area contributed by atoms with Crippen molar-refractivity contribution < 1.29 is 0 Å². The minimum Gasteiger partial charge on any atom is -0.370 e. The van der Waals surface area contributed by atoms with Crippen molar-refractivity contribution in [2.45, 2.75) is 20.8 Å². The average Bonchev–Trinajstić information content (AvgIpc) is 2.58. The second-order valence-electron chi connectivity index (χ2n) is 3.81. The van der Waals surface area contributed by atoms with Crippen LogP contribution >= 0.6 is 11.6 Å². The van der Waals surface area contributed by atoms with E-state index in [1.54, 1.807) is 4.68 Å². The summed E-state index contributed by atoms with van der Waals surface area (Å²) < 4.78 is 1.76. The van der Waals surface area contributed by atoms with Gasteiger partial charge in [0.2, 0.25) is 0 Å². The lowest BCUT2D eigenvalue weighted by molar-refractivity contribution is 0.806. The molecule has 2 aromatic rings.